The molecule has 0 radical (unpaired) electrons. The normalized spacial score (nSPS) is 30.2. The molecule has 0 aromatic heterocycles. The van der Waals surface area contributed by atoms with Gasteiger partial charge in [0.05, 0.1) is 11.5 Å². The molecule has 3 rings (SSSR count). The van der Waals surface area contributed by atoms with Gasteiger partial charge in [-0.15, -0.1) is 0 Å². The zero-order chi connectivity index (χ0) is 12.8. The van der Waals surface area contributed by atoms with Crippen molar-refractivity contribution in [1.82, 2.24) is 0 Å². The quantitative estimate of drug-likeness (QED) is 0.787. The van der Waals surface area contributed by atoms with E-state index in [1.807, 2.05) is 6.92 Å². The number of fused-ring (bicyclic) bond motifs is 1. The van der Waals surface area contributed by atoms with E-state index in [4.69, 9.17) is 4.18 Å². The molecule has 0 spiro atoms. The Hall–Kier alpha value is -0.870. The fourth-order valence-electron chi connectivity index (χ4n) is 3.02. The summed E-state index contributed by atoms with van der Waals surface area (Å²) in [6.45, 7) is 2.29. The maximum atomic E-state index is 12.0. The van der Waals surface area contributed by atoms with Gasteiger partial charge < -0.3 is 0 Å². The van der Waals surface area contributed by atoms with E-state index in [1.165, 1.54) is 12.8 Å². The van der Waals surface area contributed by atoms with Crippen molar-refractivity contribution in [1.29, 1.82) is 0 Å². The number of hydrogen-bond acceptors (Lipinski definition) is 3. The maximum absolute atomic E-state index is 12.0. The van der Waals surface area contributed by atoms with Gasteiger partial charge in [0, 0.05) is 0 Å². The highest BCUT2D eigenvalue weighted by atomic mass is 32.2. The van der Waals surface area contributed by atoms with Gasteiger partial charge in [-0.25, -0.2) is 0 Å². The van der Waals surface area contributed by atoms with E-state index in [-0.39, 0.29) is 4.90 Å². The summed E-state index contributed by atoms with van der Waals surface area (Å²) < 4.78 is 29.1. The Labute approximate surface area is 108 Å². The molecule has 0 bridgehead atoms. The number of benzene rings is 1. The van der Waals surface area contributed by atoms with Crippen LogP contribution in [-0.4, -0.2) is 15.0 Å². The molecule has 0 aliphatic heterocycles. The molecule has 0 heterocycles. The van der Waals surface area contributed by atoms with Crippen LogP contribution in [0, 0.1) is 24.7 Å². The summed E-state index contributed by atoms with van der Waals surface area (Å²) in [6, 6.07) is 6.80. The number of aryl methyl sites for hydroxylation is 1. The van der Waals surface area contributed by atoms with Gasteiger partial charge in [0.15, 0.2) is 0 Å². The molecule has 0 N–H and O–H groups in total. The van der Waals surface area contributed by atoms with Gasteiger partial charge in [-0.05, 0) is 56.1 Å². The van der Waals surface area contributed by atoms with Crippen molar-refractivity contribution < 1.29 is 12.6 Å². The molecule has 4 heteroatoms. The molecule has 3 unspecified atom stereocenters. The molecule has 0 amide bonds. The van der Waals surface area contributed by atoms with Crippen molar-refractivity contribution >= 4 is 10.1 Å². The predicted octanol–water partition coefficient (Wildman–Crippen LogP) is 2.75. The smallest absolute Gasteiger partial charge is 0.266 e. The zero-order valence-corrected chi connectivity index (χ0v) is 11.3. The summed E-state index contributed by atoms with van der Waals surface area (Å²) in [5, 5.41) is 0. The first-order valence-corrected chi connectivity index (χ1v) is 7.93. The fraction of sp³-hybridized carbons (Fsp3) is 0.571. The average Bonchev–Trinajstić information content (AvgIpc) is 2.31. The Kier molecular flexibility index (Phi) is 2.94. The van der Waals surface area contributed by atoms with Crippen molar-refractivity contribution in [2.45, 2.75) is 31.1 Å². The second kappa shape index (κ2) is 4.35. The van der Waals surface area contributed by atoms with Gasteiger partial charge in [0.2, 0.25) is 0 Å². The second-order valence-electron chi connectivity index (χ2n) is 5.55. The van der Waals surface area contributed by atoms with Crippen LogP contribution in [0.25, 0.3) is 0 Å². The van der Waals surface area contributed by atoms with E-state index in [2.05, 4.69) is 0 Å². The van der Waals surface area contributed by atoms with Crippen LogP contribution in [0.5, 0.6) is 0 Å². The summed E-state index contributed by atoms with van der Waals surface area (Å²) in [7, 11) is -3.57. The molecule has 2 aliphatic carbocycles. The Morgan fingerprint density at radius 2 is 1.94 bits per heavy atom. The molecule has 2 fully saturated rings. The molecular weight excluding hydrogens is 248 g/mol. The van der Waals surface area contributed by atoms with Gasteiger partial charge in [0.1, 0.15) is 0 Å². The summed E-state index contributed by atoms with van der Waals surface area (Å²) in [6.07, 6.45) is 3.73. The van der Waals surface area contributed by atoms with Crippen molar-refractivity contribution in [3.8, 4) is 0 Å². The first-order valence-electron chi connectivity index (χ1n) is 6.52. The summed E-state index contributed by atoms with van der Waals surface area (Å²) in [5.41, 5.74) is 1.05. The Morgan fingerprint density at radius 3 is 2.44 bits per heavy atom. The lowest BCUT2D eigenvalue weighted by Crippen LogP contribution is -2.46. The van der Waals surface area contributed by atoms with Crippen molar-refractivity contribution in [3.05, 3.63) is 29.8 Å². The Balaban J connectivity index is 1.62. The zero-order valence-electron chi connectivity index (χ0n) is 10.5. The molecule has 3 atom stereocenters. The molecule has 1 aromatic carbocycles. The van der Waals surface area contributed by atoms with E-state index in [9.17, 15) is 8.42 Å². The van der Waals surface area contributed by atoms with Gasteiger partial charge in [0.25, 0.3) is 10.1 Å². The molecule has 1 aromatic rings. The lowest BCUT2D eigenvalue weighted by atomic mass is 9.53. The van der Waals surface area contributed by atoms with Crippen LogP contribution >= 0.6 is 0 Å². The molecule has 3 nitrogen and oxygen atoms in total. The molecule has 98 valence electrons. The molecular formula is C14H18O3S. The summed E-state index contributed by atoms with van der Waals surface area (Å²) >= 11 is 0. The average molecular weight is 266 g/mol. The van der Waals surface area contributed by atoms with Gasteiger partial charge in [-0.1, -0.05) is 17.7 Å². The molecule has 2 saturated carbocycles. The first-order chi connectivity index (χ1) is 8.56. The van der Waals surface area contributed by atoms with Crippen LogP contribution in [-0.2, 0) is 14.3 Å². The standard InChI is InChI=1S/C14H18O3S/c1-10-2-5-13(6-3-10)18(15,16)17-9-12-8-11-4-7-14(11)12/h2-3,5-6,11-12,14H,4,7-9H2,1H3. The lowest BCUT2D eigenvalue weighted by Gasteiger charge is -2.52. The molecule has 2 aliphatic rings. The highest BCUT2D eigenvalue weighted by molar-refractivity contribution is 7.86. The second-order valence-corrected chi connectivity index (χ2v) is 7.16. The van der Waals surface area contributed by atoms with E-state index in [1.54, 1.807) is 24.3 Å². The maximum Gasteiger partial charge on any atom is 0.296 e. The van der Waals surface area contributed by atoms with Crippen molar-refractivity contribution in [2.24, 2.45) is 17.8 Å². The third kappa shape index (κ3) is 2.08. The summed E-state index contributed by atoms with van der Waals surface area (Å²) in [5.74, 6) is 2.06. The van der Waals surface area contributed by atoms with Gasteiger partial charge in [-0.2, -0.15) is 8.42 Å². The van der Waals surface area contributed by atoms with E-state index in [0.717, 1.165) is 23.8 Å². The van der Waals surface area contributed by atoms with E-state index < -0.39 is 10.1 Å². The monoisotopic (exact) mass is 266 g/mol. The predicted molar refractivity (Wildman–Crippen MR) is 68.6 cm³/mol. The minimum atomic E-state index is -3.57. The third-order valence-corrected chi connectivity index (χ3v) is 5.73. The van der Waals surface area contributed by atoms with Crippen LogP contribution in [0.15, 0.2) is 29.2 Å². The van der Waals surface area contributed by atoms with Crippen LogP contribution in [0.3, 0.4) is 0 Å². The van der Waals surface area contributed by atoms with Crippen LogP contribution in [0.4, 0.5) is 0 Å². The van der Waals surface area contributed by atoms with Gasteiger partial charge in [-0.3, -0.25) is 4.18 Å². The third-order valence-electron chi connectivity index (χ3n) is 4.43. The lowest BCUT2D eigenvalue weighted by molar-refractivity contribution is -0.0463. The highest BCUT2D eigenvalue weighted by Gasteiger charge is 2.47. The molecule has 0 saturated heterocycles. The van der Waals surface area contributed by atoms with Crippen LogP contribution < -0.4 is 0 Å². The fourth-order valence-corrected chi connectivity index (χ4v) is 3.98. The SMILES string of the molecule is Cc1ccc(S(=O)(=O)OCC2CC3CCC32)cc1. The largest absolute Gasteiger partial charge is 0.296 e. The van der Waals surface area contributed by atoms with Crippen molar-refractivity contribution in [2.75, 3.05) is 6.61 Å². The van der Waals surface area contributed by atoms with Crippen molar-refractivity contribution in [3.63, 3.8) is 0 Å². The van der Waals surface area contributed by atoms with Crippen LogP contribution in [0.2, 0.25) is 0 Å². The van der Waals surface area contributed by atoms with Crippen LogP contribution in [0.1, 0.15) is 24.8 Å². The summed E-state index contributed by atoms with van der Waals surface area (Å²) in [4.78, 5) is 0.262. The Bertz CT molecular complexity index is 533. The Morgan fingerprint density at radius 1 is 1.22 bits per heavy atom. The topological polar surface area (TPSA) is 43.4 Å². The molecule has 18 heavy (non-hydrogen) atoms. The van der Waals surface area contributed by atoms with E-state index >= 15 is 0 Å². The minimum Gasteiger partial charge on any atom is -0.266 e. The number of hydrogen-bond donors (Lipinski definition) is 0. The first kappa shape index (κ1) is 12.2. The van der Waals surface area contributed by atoms with Gasteiger partial charge >= 0.3 is 0 Å². The van der Waals surface area contributed by atoms with E-state index in [0.29, 0.717) is 12.5 Å². The number of rotatable bonds is 4. The minimum absolute atomic E-state index is 0.262. The highest BCUT2D eigenvalue weighted by Crippen LogP contribution is 2.54.